The molecule has 5 nitrogen and oxygen atoms in total. The first kappa shape index (κ1) is 13.4. The summed E-state index contributed by atoms with van der Waals surface area (Å²) >= 11 is 0. The topological polar surface area (TPSA) is 65.0 Å². The minimum atomic E-state index is -1.07. The van der Waals surface area contributed by atoms with Crippen molar-refractivity contribution < 1.29 is 24.1 Å². The summed E-state index contributed by atoms with van der Waals surface area (Å²) in [5.74, 6) is -1.72. The van der Waals surface area contributed by atoms with Crippen LogP contribution in [0.4, 0.5) is 0 Å². The number of esters is 1. The van der Waals surface area contributed by atoms with Gasteiger partial charge in [0, 0.05) is 18.9 Å². The fourth-order valence-corrected chi connectivity index (χ4v) is 2.06. The van der Waals surface area contributed by atoms with Crippen molar-refractivity contribution >= 4 is 5.97 Å². The van der Waals surface area contributed by atoms with Crippen molar-refractivity contribution in [3.05, 3.63) is 0 Å². The van der Waals surface area contributed by atoms with E-state index in [0.717, 1.165) is 0 Å². The largest absolute Gasteiger partial charge is 0.469 e. The number of hydrogen-bond acceptors (Lipinski definition) is 5. The first-order chi connectivity index (χ1) is 7.46. The molecule has 1 aliphatic heterocycles. The molecule has 1 fully saturated rings. The maximum absolute atomic E-state index is 11.3. The predicted molar refractivity (Wildman–Crippen MR) is 56.7 cm³/mol. The number of methoxy groups -OCH3 is 2. The fourth-order valence-electron chi connectivity index (χ4n) is 2.06. The second kappa shape index (κ2) is 5.12. The zero-order valence-electron chi connectivity index (χ0n) is 10.2. The molecule has 0 aliphatic carbocycles. The van der Waals surface area contributed by atoms with Crippen LogP contribution in [0.3, 0.4) is 0 Å². The molecule has 1 rings (SSSR count). The Balaban J connectivity index is 2.82. The summed E-state index contributed by atoms with van der Waals surface area (Å²) in [4.78, 5) is 11.3. The van der Waals surface area contributed by atoms with Crippen molar-refractivity contribution in [2.24, 2.45) is 11.8 Å². The second-order valence-corrected chi connectivity index (χ2v) is 4.34. The quantitative estimate of drug-likeness (QED) is 0.720. The highest BCUT2D eigenvalue weighted by molar-refractivity contribution is 5.70. The molecule has 0 bridgehead atoms. The van der Waals surface area contributed by atoms with Crippen molar-refractivity contribution in [1.82, 2.24) is 0 Å². The van der Waals surface area contributed by atoms with E-state index < -0.39 is 17.9 Å². The Hall–Kier alpha value is -0.650. The maximum Gasteiger partial charge on any atom is 0.311 e. The Morgan fingerprint density at radius 1 is 1.50 bits per heavy atom. The molecule has 0 unspecified atom stereocenters. The van der Waals surface area contributed by atoms with Gasteiger partial charge in [-0.05, 0) is 0 Å². The average molecular weight is 232 g/mol. The van der Waals surface area contributed by atoms with E-state index in [4.69, 9.17) is 9.47 Å². The number of rotatable bonds is 3. The van der Waals surface area contributed by atoms with Crippen LogP contribution < -0.4 is 0 Å². The third-order valence-electron chi connectivity index (χ3n) is 3.34. The Labute approximate surface area is 95.7 Å². The van der Waals surface area contributed by atoms with E-state index in [0.29, 0.717) is 6.61 Å². The van der Waals surface area contributed by atoms with Gasteiger partial charge < -0.3 is 19.3 Å². The van der Waals surface area contributed by atoms with Crippen LogP contribution in [0.1, 0.15) is 20.3 Å². The fraction of sp³-hybridized carbons (Fsp3) is 0.909. The van der Waals surface area contributed by atoms with Crippen LogP contribution in [0.5, 0.6) is 0 Å². The standard InChI is InChI=1S/C11H20O5/c1-7-6-16-11(15-4,5-9(12)14-3)8(2)10(7)13/h7-8,10,13H,5-6H2,1-4H3/t7-,8-,10+,11+/m0/s1. The second-order valence-electron chi connectivity index (χ2n) is 4.34. The van der Waals surface area contributed by atoms with E-state index in [1.54, 1.807) is 0 Å². The van der Waals surface area contributed by atoms with Gasteiger partial charge in [-0.2, -0.15) is 0 Å². The third kappa shape index (κ3) is 2.36. The van der Waals surface area contributed by atoms with Crippen molar-refractivity contribution in [3.8, 4) is 0 Å². The van der Waals surface area contributed by atoms with E-state index in [9.17, 15) is 9.90 Å². The van der Waals surface area contributed by atoms with Gasteiger partial charge in [0.2, 0.25) is 0 Å². The average Bonchev–Trinajstić information content (AvgIpc) is 2.30. The first-order valence-electron chi connectivity index (χ1n) is 5.41. The highest BCUT2D eigenvalue weighted by Crippen LogP contribution is 2.37. The molecule has 0 aromatic carbocycles. The van der Waals surface area contributed by atoms with Gasteiger partial charge in [0.25, 0.3) is 0 Å². The number of hydrogen-bond donors (Lipinski definition) is 1. The first-order valence-corrected chi connectivity index (χ1v) is 5.41. The van der Waals surface area contributed by atoms with Crippen LogP contribution >= 0.6 is 0 Å². The minimum absolute atomic E-state index is 0.00898. The van der Waals surface area contributed by atoms with E-state index in [-0.39, 0.29) is 18.3 Å². The van der Waals surface area contributed by atoms with Gasteiger partial charge in [-0.3, -0.25) is 4.79 Å². The highest BCUT2D eigenvalue weighted by atomic mass is 16.7. The molecule has 5 heteroatoms. The zero-order valence-corrected chi connectivity index (χ0v) is 10.2. The van der Waals surface area contributed by atoms with Crippen LogP contribution in [-0.4, -0.2) is 43.8 Å². The molecule has 0 amide bonds. The smallest absolute Gasteiger partial charge is 0.311 e. The SMILES string of the molecule is COC(=O)C[C@@]1(OC)OC[C@H](C)[C@@H](O)[C@@H]1C. The lowest BCUT2D eigenvalue weighted by Gasteiger charge is -2.45. The molecule has 1 heterocycles. The summed E-state index contributed by atoms with van der Waals surface area (Å²) in [6, 6.07) is 0. The third-order valence-corrected chi connectivity index (χ3v) is 3.34. The summed E-state index contributed by atoms with van der Waals surface area (Å²) in [6.45, 7) is 4.09. The van der Waals surface area contributed by atoms with Crippen molar-refractivity contribution in [1.29, 1.82) is 0 Å². The molecule has 16 heavy (non-hydrogen) atoms. The van der Waals surface area contributed by atoms with Gasteiger partial charge in [0.1, 0.15) is 0 Å². The normalized spacial score (nSPS) is 39.4. The summed E-state index contributed by atoms with van der Waals surface area (Å²) < 4.78 is 15.5. The van der Waals surface area contributed by atoms with Crippen molar-refractivity contribution in [2.45, 2.75) is 32.2 Å². The van der Waals surface area contributed by atoms with Crippen LogP contribution in [0.2, 0.25) is 0 Å². The number of ether oxygens (including phenoxy) is 3. The van der Waals surface area contributed by atoms with Gasteiger partial charge in [0.15, 0.2) is 5.79 Å². The van der Waals surface area contributed by atoms with Crippen LogP contribution in [0.15, 0.2) is 0 Å². The van der Waals surface area contributed by atoms with Crippen LogP contribution in [0.25, 0.3) is 0 Å². The zero-order chi connectivity index (χ0) is 12.3. The summed E-state index contributed by atoms with van der Waals surface area (Å²) in [5.41, 5.74) is 0. The molecule has 94 valence electrons. The monoisotopic (exact) mass is 232 g/mol. The van der Waals surface area contributed by atoms with Gasteiger partial charge in [0.05, 0.1) is 26.2 Å². The lowest BCUT2D eigenvalue weighted by Crippen LogP contribution is -2.55. The molecular formula is C11H20O5. The predicted octanol–water partition coefficient (Wildman–Crippen LogP) is 0.555. The van der Waals surface area contributed by atoms with Crippen molar-refractivity contribution in [2.75, 3.05) is 20.8 Å². The molecular weight excluding hydrogens is 212 g/mol. The molecule has 0 spiro atoms. The van der Waals surface area contributed by atoms with Crippen LogP contribution in [-0.2, 0) is 19.0 Å². The lowest BCUT2D eigenvalue weighted by atomic mass is 9.83. The molecule has 0 radical (unpaired) electrons. The Bertz CT molecular complexity index is 255. The van der Waals surface area contributed by atoms with E-state index in [1.165, 1.54) is 14.2 Å². The van der Waals surface area contributed by atoms with Gasteiger partial charge >= 0.3 is 5.97 Å². The van der Waals surface area contributed by atoms with E-state index in [1.807, 2.05) is 13.8 Å². The lowest BCUT2D eigenvalue weighted by molar-refractivity contribution is -0.303. The number of carbonyl (C=O) groups excluding carboxylic acids is 1. The van der Waals surface area contributed by atoms with E-state index >= 15 is 0 Å². The number of aliphatic hydroxyl groups excluding tert-OH is 1. The van der Waals surface area contributed by atoms with Crippen molar-refractivity contribution in [3.63, 3.8) is 0 Å². The minimum Gasteiger partial charge on any atom is -0.469 e. The number of carbonyl (C=O) groups is 1. The molecule has 1 N–H and O–H groups in total. The molecule has 0 saturated carbocycles. The maximum atomic E-state index is 11.3. The van der Waals surface area contributed by atoms with Gasteiger partial charge in [-0.15, -0.1) is 0 Å². The Kier molecular flexibility index (Phi) is 4.29. The summed E-state index contributed by atoms with van der Waals surface area (Å²) in [5, 5.41) is 9.99. The van der Waals surface area contributed by atoms with Gasteiger partial charge in [-0.1, -0.05) is 13.8 Å². The Morgan fingerprint density at radius 3 is 2.62 bits per heavy atom. The number of aliphatic hydroxyl groups is 1. The molecule has 0 aromatic rings. The molecule has 4 atom stereocenters. The summed E-state index contributed by atoms with van der Waals surface area (Å²) in [6.07, 6.45) is -0.552. The molecule has 1 aliphatic rings. The van der Waals surface area contributed by atoms with Gasteiger partial charge in [-0.25, -0.2) is 0 Å². The summed E-state index contributed by atoms with van der Waals surface area (Å²) in [7, 11) is 2.79. The highest BCUT2D eigenvalue weighted by Gasteiger charge is 2.48. The Morgan fingerprint density at radius 2 is 2.12 bits per heavy atom. The van der Waals surface area contributed by atoms with Crippen LogP contribution in [0, 0.1) is 11.8 Å². The molecule has 0 aromatic heterocycles. The molecule has 1 saturated heterocycles. The van der Waals surface area contributed by atoms with E-state index in [2.05, 4.69) is 4.74 Å².